The maximum atomic E-state index is 13.1. The zero-order valence-corrected chi connectivity index (χ0v) is 13.5. The highest BCUT2D eigenvalue weighted by Gasteiger charge is 2.54. The van der Waals surface area contributed by atoms with Crippen LogP contribution in [0, 0.1) is 17.7 Å². The molecule has 1 saturated heterocycles. The van der Waals surface area contributed by atoms with E-state index in [0.717, 1.165) is 13.0 Å². The third-order valence-electron chi connectivity index (χ3n) is 4.48. The van der Waals surface area contributed by atoms with Crippen molar-refractivity contribution in [1.29, 1.82) is 0 Å². The maximum Gasteiger partial charge on any atom is 0.258 e. The van der Waals surface area contributed by atoms with E-state index in [1.165, 1.54) is 18.2 Å². The van der Waals surface area contributed by atoms with E-state index in [2.05, 4.69) is 5.32 Å². The largest absolute Gasteiger partial charge is 0.484 e. The van der Waals surface area contributed by atoms with Gasteiger partial charge in [-0.25, -0.2) is 4.39 Å². The molecule has 1 saturated carbocycles. The zero-order valence-electron chi connectivity index (χ0n) is 12.8. The summed E-state index contributed by atoms with van der Waals surface area (Å²) >= 11 is 5.68. The SMILES string of the molecule is COC[C@H]1[C@@H](NC(=O)COc2ccc(F)c(Cl)c2)[C@@H]2CCO[C@@H]21. The van der Waals surface area contributed by atoms with Crippen LogP contribution in [0.4, 0.5) is 4.39 Å². The van der Waals surface area contributed by atoms with Gasteiger partial charge in [-0.15, -0.1) is 0 Å². The maximum absolute atomic E-state index is 13.1. The Bertz CT molecular complexity index is 585. The number of fused-ring (bicyclic) bond motifs is 1. The Labute approximate surface area is 139 Å². The topological polar surface area (TPSA) is 56.8 Å². The Hall–Kier alpha value is -1.37. The van der Waals surface area contributed by atoms with Gasteiger partial charge in [-0.2, -0.15) is 0 Å². The minimum Gasteiger partial charge on any atom is -0.484 e. The standard InChI is InChI=1S/C16H19ClFNO4/c1-21-7-11-15(10-4-5-22-16(10)11)19-14(20)8-23-9-2-3-13(18)12(17)6-9/h2-3,6,10-11,15-16H,4-5,7-8H2,1H3,(H,19,20)/t10-,11-,15-,16-/m0/s1. The van der Waals surface area contributed by atoms with E-state index in [4.69, 9.17) is 25.8 Å². The highest BCUT2D eigenvalue weighted by Crippen LogP contribution is 2.43. The predicted molar refractivity (Wildman–Crippen MR) is 82.0 cm³/mol. The quantitative estimate of drug-likeness (QED) is 0.858. The summed E-state index contributed by atoms with van der Waals surface area (Å²) in [6, 6.07) is 4.04. The van der Waals surface area contributed by atoms with Gasteiger partial charge in [0, 0.05) is 37.7 Å². The van der Waals surface area contributed by atoms with Crippen LogP contribution in [-0.2, 0) is 14.3 Å². The number of hydrogen-bond acceptors (Lipinski definition) is 4. The van der Waals surface area contributed by atoms with Gasteiger partial charge in [0.25, 0.3) is 5.91 Å². The normalized spacial score (nSPS) is 28.8. The molecule has 0 bridgehead atoms. The number of carbonyl (C=O) groups is 1. The Kier molecular flexibility index (Phi) is 5.04. The monoisotopic (exact) mass is 343 g/mol. The molecule has 0 unspecified atom stereocenters. The first-order valence-corrected chi connectivity index (χ1v) is 7.95. The summed E-state index contributed by atoms with van der Waals surface area (Å²) in [5, 5.41) is 2.95. The van der Waals surface area contributed by atoms with Crippen molar-refractivity contribution in [3.05, 3.63) is 29.0 Å². The Morgan fingerprint density at radius 2 is 2.35 bits per heavy atom. The van der Waals surface area contributed by atoms with Crippen molar-refractivity contribution in [2.24, 2.45) is 11.8 Å². The van der Waals surface area contributed by atoms with Gasteiger partial charge in [0.1, 0.15) is 11.6 Å². The molecule has 3 rings (SSSR count). The van der Waals surface area contributed by atoms with E-state index in [-0.39, 0.29) is 35.6 Å². The first-order valence-electron chi connectivity index (χ1n) is 7.58. The van der Waals surface area contributed by atoms with Gasteiger partial charge >= 0.3 is 0 Å². The van der Waals surface area contributed by atoms with Gasteiger partial charge in [0.05, 0.1) is 17.7 Å². The lowest BCUT2D eigenvalue weighted by atomic mass is 9.67. The number of ether oxygens (including phenoxy) is 3. The summed E-state index contributed by atoms with van der Waals surface area (Å²) in [7, 11) is 1.64. The van der Waals surface area contributed by atoms with E-state index >= 15 is 0 Å². The molecule has 1 amide bonds. The second-order valence-corrected chi connectivity index (χ2v) is 6.27. The van der Waals surface area contributed by atoms with Crippen molar-refractivity contribution in [1.82, 2.24) is 5.32 Å². The van der Waals surface area contributed by atoms with Crippen LogP contribution in [0.25, 0.3) is 0 Å². The smallest absolute Gasteiger partial charge is 0.258 e. The number of hydrogen-bond donors (Lipinski definition) is 1. The van der Waals surface area contributed by atoms with Gasteiger partial charge in [0.2, 0.25) is 0 Å². The average Bonchev–Trinajstić information content (AvgIpc) is 2.96. The van der Waals surface area contributed by atoms with Gasteiger partial charge in [0.15, 0.2) is 6.61 Å². The second kappa shape index (κ2) is 7.03. The van der Waals surface area contributed by atoms with E-state index in [1.54, 1.807) is 7.11 Å². The summed E-state index contributed by atoms with van der Waals surface area (Å²) in [6.07, 6.45) is 1.13. The van der Waals surface area contributed by atoms with Crippen molar-refractivity contribution < 1.29 is 23.4 Å². The molecular weight excluding hydrogens is 325 g/mol. The average molecular weight is 344 g/mol. The number of nitrogens with one attached hydrogen (secondary N) is 1. The fraction of sp³-hybridized carbons (Fsp3) is 0.562. The summed E-state index contributed by atoms with van der Waals surface area (Å²) in [4.78, 5) is 12.1. The molecule has 1 aliphatic carbocycles. The van der Waals surface area contributed by atoms with Gasteiger partial charge in [-0.05, 0) is 18.6 Å². The third-order valence-corrected chi connectivity index (χ3v) is 4.77. The molecule has 2 fully saturated rings. The van der Waals surface area contributed by atoms with Crippen LogP contribution in [0.3, 0.4) is 0 Å². The van der Waals surface area contributed by atoms with Crippen LogP contribution in [0.1, 0.15) is 6.42 Å². The van der Waals surface area contributed by atoms with Crippen molar-refractivity contribution in [3.63, 3.8) is 0 Å². The summed E-state index contributed by atoms with van der Waals surface area (Å²) < 4.78 is 29.3. The highest BCUT2D eigenvalue weighted by molar-refractivity contribution is 6.30. The van der Waals surface area contributed by atoms with Crippen LogP contribution in [0.2, 0.25) is 5.02 Å². The van der Waals surface area contributed by atoms with Crippen LogP contribution < -0.4 is 10.1 Å². The lowest BCUT2D eigenvalue weighted by Gasteiger charge is -2.47. The van der Waals surface area contributed by atoms with Crippen LogP contribution in [0.5, 0.6) is 5.75 Å². The first kappa shape index (κ1) is 16.5. The minimum absolute atomic E-state index is 0.0343. The van der Waals surface area contributed by atoms with Gasteiger partial charge < -0.3 is 19.5 Å². The molecule has 0 radical (unpaired) electrons. The number of carbonyl (C=O) groups excluding carboxylic acids is 1. The first-order chi connectivity index (χ1) is 11.1. The van der Waals surface area contributed by atoms with Crippen LogP contribution in [0.15, 0.2) is 18.2 Å². The number of halogens is 2. The minimum atomic E-state index is -0.521. The van der Waals surface area contributed by atoms with Crippen molar-refractivity contribution in [2.75, 3.05) is 26.9 Å². The summed E-state index contributed by atoms with van der Waals surface area (Å²) in [6.45, 7) is 1.14. The number of benzene rings is 1. The van der Waals surface area contributed by atoms with Crippen LogP contribution in [-0.4, -0.2) is 45.0 Å². The molecule has 7 heteroatoms. The summed E-state index contributed by atoms with van der Waals surface area (Å²) in [5.74, 6) is 0.140. The predicted octanol–water partition coefficient (Wildman–Crippen LogP) is 2.02. The molecule has 1 aromatic carbocycles. The molecule has 1 aliphatic heterocycles. The number of amides is 1. The van der Waals surface area contributed by atoms with Crippen molar-refractivity contribution in [3.8, 4) is 5.75 Å². The Morgan fingerprint density at radius 1 is 1.52 bits per heavy atom. The van der Waals surface area contributed by atoms with Gasteiger partial charge in [-0.1, -0.05) is 11.6 Å². The van der Waals surface area contributed by atoms with E-state index in [1.807, 2.05) is 0 Å². The fourth-order valence-corrected chi connectivity index (χ4v) is 3.55. The molecular formula is C16H19ClFNO4. The van der Waals surface area contributed by atoms with Gasteiger partial charge in [-0.3, -0.25) is 4.79 Å². The molecule has 1 N–H and O–H groups in total. The molecule has 126 valence electrons. The molecule has 23 heavy (non-hydrogen) atoms. The lowest BCUT2D eigenvalue weighted by Crippen LogP contribution is -2.63. The van der Waals surface area contributed by atoms with E-state index in [9.17, 15) is 9.18 Å². The molecule has 1 heterocycles. The Morgan fingerprint density at radius 3 is 3.09 bits per heavy atom. The fourth-order valence-electron chi connectivity index (χ4n) is 3.38. The van der Waals surface area contributed by atoms with Crippen molar-refractivity contribution >= 4 is 17.5 Å². The van der Waals surface area contributed by atoms with Crippen molar-refractivity contribution in [2.45, 2.75) is 18.6 Å². The molecule has 0 spiro atoms. The number of methoxy groups -OCH3 is 1. The van der Waals surface area contributed by atoms with E-state index in [0.29, 0.717) is 18.3 Å². The molecule has 4 atom stereocenters. The van der Waals surface area contributed by atoms with E-state index < -0.39 is 5.82 Å². The second-order valence-electron chi connectivity index (χ2n) is 5.87. The van der Waals surface area contributed by atoms with Crippen LogP contribution >= 0.6 is 11.6 Å². The molecule has 5 nitrogen and oxygen atoms in total. The Balaban J connectivity index is 1.51. The highest BCUT2D eigenvalue weighted by atomic mass is 35.5. The molecule has 0 aromatic heterocycles. The lowest BCUT2D eigenvalue weighted by molar-refractivity contribution is -0.131. The number of rotatable bonds is 6. The molecule has 2 aliphatic rings. The third kappa shape index (κ3) is 3.44. The summed E-state index contributed by atoms with van der Waals surface area (Å²) in [5.41, 5.74) is 0. The molecule has 1 aromatic rings. The zero-order chi connectivity index (χ0) is 16.4.